The Hall–Kier alpha value is -0.0800. The first kappa shape index (κ1) is 16.3. The van der Waals surface area contributed by atoms with Crippen LogP contribution in [-0.4, -0.2) is 17.3 Å². The summed E-state index contributed by atoms with van der Waals surface area (Å²) >= 11 is 0. The zero-order valence-corrected chi connectivity index (χ0v) is 14.0. The van der Waals surface area contributed by atoms with E-state index in [4.69, 9.17) is 5.73 Å². The fourth-order valence-corrected chi connectivity index (χ4v) is 4.97. The molecule has 2 fully saturated rings. The Bertz CT molecular complexity index is 325. The summed E-state index contributed by atoms with van der Waals surface area (Å²) in [5.41, 5.74) is 6.07. The van der Waals surface area contributed by atoms with E-state index < -0.39 is 5.60 Å². The molecule has 0 bridgehead atoms. The molecule has 0 radical (unpaired) electrons. The van der Waals surface area contributed by atoms with Crippen molar-refractivity contribution in [3.8, 4) is 0 Å². The predicted molar refractivity (Wildman–Crippen MR) is 85.5 cm³/mol. The van der Waals surface area contributed by atoms with Gasteiger partial charge in [0.05, 0.1) is 5.60 Å². The summed E-state index contributed by atoms with van der Waals surface area (Å²) < 4.78 is 0. The Balaban J connectivity index is 2.16. The van der Waals surface area contributed by atoms with E-state index in [1.807, 2.05) is 0 Å². The molecule has 2 atom stereocenters. The first-order chi connectivity index (χ1) is 9.25. The van der Waals surface area contributed by atoms with Crippen molar-refractivity contribution in [2.45, 2.75) is 84.7 Å². The second-order valence-corrected chi connectivity index (χ2v) is 8.70. The molecule has 2 aliphatic rings. The van der Waals surface area contributed by atoms with Crippen molar-refractivity contribution in [1.82, 2.24) is 0 Å². The van der Waals surface area contributed by atoms with E-state index in [-0.39, 0.29) is 5.41 Å². The predicted octanol–water partition coefficient (Wildman–Crippen LogP) is 4.11. The summed E-state index contributed by atoms with van der Waals surface area (Å²) in [5.74, 6) is 1.19. The number of aliphatic hydroxyl groups is 1. The van der Waals surface area contributed by atoms with Gasteiger partial charge in [0.1, 0.15) is 0 Å². The number of nitrogens with two attached hydrogens (primary N) is 1. The van der Waals surface area contributed by atoms with Gasteiger partial charge in [-0.1, -0.05) is 40.5 Å². The average Bonchev–Trinajstić information content (AvgIpc) is 2.41. The molecule has 118 valence electrons. The van der Waals surface area contributed by atoms with E-state index in [0.717, 1.165) is 25.2 Å². The molecule has 2 heteroatoms. The van der Waals surface area contributed by atoms with Gasteiger partial charge in [-0.15, -0.1) is 0 Å². The third-order valence-electron chi connectivity index (χ3n) is 6.74. The Morgan fingerprint density at radius 2 is 1.65 bits per heavy atom. The molecule has 0 aliphatic heterocycles. The summed E-state index contributed by atoms with van der Waals surface area (Å²) in [5, 5.41) is 11.4. The van der Waals surface area contributed by atoms with Crippen LogP contribution >= 0.6 is 0 Å². The number of hydrogen-bond acceptors (Lipinski definition) is 2. The molecule has 2 nitrogen and oxygen atoms in total. The lowest BCUT2D eigenvalue weighted by Crippen LogP contribution is -2.59. The van der Waals surface area contributed by atoms with Crippen molar-refractivity contribution in [2.75, 3.05) is 6.54 Å². The molecule has 0 heterocycles. The van der Waals surface area contributed by atoms with Gasteiger partial charge in [0, 0.05) is 12.0 Å². The molecule has 2 aliphatic carbocycles. The third-order valence-corrected chi connectivity index (χ3v) is 6.74. The van der Waals surface area contributed by atoms with E-state index in [0.29, 0.717) is 17.9 Å². The molecular formula is C18H35NO. The minimum absolute atomic E-state index is 0.0193. The Morgan fingerprint density at radius 1 is 1.05 bits per heavy atom. The molecule has 2 saturated carbocycles. The SMILES string of the molecule is CC1CCCCC1(O)C1(CN)CCC(C(C)(C)C)CC1. The van der Waals surface area contributed by atoms with Gasteiger partial charge in [-0.05, 0) is 55.8 Å². The van der Waals surface area contributed by atoms with Gasteiger partial charge < -0.3 is 10.8 Å². The normalized spacial score (nSPS) is 43.5. The van der Waals surface area contributed by atoms with E-state index in [2.05, 4.69) is 27.7 Å². The molecule has 0 spiro atoms. The monoisotopic (exact) mass is 281 g/mol. The van der Waals surface area contributed by atoms with E-state index >= 15 is 0 Å². The zero-order chi connectivity index (χ0) is 15.0. The highest BCUT2D eigenvalue weighted by atomic mass is 16.3. The van der Waals surface area contributed by atoms with Gasteiger partial charge in [-0.25, -0.2) is 0 Å². The van der Waals surface area contributed by atoms with Gasteiger partial charge >= 0.3 is 0 Å². The lowest BCUT2D eigenvalue weighted by atomic mass is 9.53. The number of rotatable bonds is 2. The fourth-order valence-electron chi connectivity index (χ4n) is 4.97. The topological polar surface area (TPSA) is 46.2 Å². The Morgan fingerprint density at radius 3 is 2.10 bits per heavy atom. The Kier molecular flexibility index (Phi) is 4.57. The van der Waals surface area contributed by atoms with E-state index in [1.165, 1.54) is 32.1 Å². The highest BCUT2D eigenvalue weighted by Gasteiger charge is 2.54. The van der Waals surface area contributed by atoms with Crippen LogP contribution < -0.4 is 5.73 Å². The van der Waals surface area contributed by atoms with Gasteiger partial charge in [0.2, 0.25) is 0 Å². The second kappa shape index (κ2) is 5.61. The molecule has 2 unspecified atom stereocenters. The molecule has 20 heavy (non-hydrogen) atoms. The molecule has 2 rings (SSSR count). The van der Waals surface area contributed by atoms with Crippen LogP contribution in [0.1, 0.15) is 79.1 Å². The van der Waals surface area contributed by atoms with Crippen LogP contribution in [-0.2, 0) is 0 Å². The van der Waals surface area contributed by atoms with Crippen molar-refractivity contribution in [1.29, 1.82) is 0 Å². The van der Waals surface area contributed by atoms with Gasteiger partial charge in [0.15, 0.2) is 0 Å². The molecule has 0 aromatic heterocycles. The summed E-state index contributed by atoms with van der Waals surface area (Å²) in [6, 6.07) is 0. The van der Waals surface area contributed by atoms with Crippen molar-refractivity contribution in [2.24, 2.45) is 28.4 Å². The van der Waals surface area contributed by atoms with E-state index in [1.54, 1.807) is 0 Å². The summed E-state index contributed by atoms with van der Waals surface area (Å²) in [7, 11) is 0. The molecule has 0 amide bonds. The van der Waals surface area contributed by atoms with Crippen molar-refractivity contribution >= 4 is 0 Å². The largest absolute Gasteiger partial charge is 0.389 e. The first-order valence-corrected chi connectivity index (χ1v) is 8.68. The minimum Gasteiger partial charge on any atom is -0.389 e. The summed E-state index contributed by atoms with van der Waals surface area (Å²) in [6.07, 6.45) is 9.27. The maximum atomic E-state index is 11.4. The van der Waals surface area contributed by atoms with Crippen LogP contribution in [0.25, 0.3) is 0 Å². The van der Waals surface area contributed by atoms with Crippen LogP contribution in [0.4, 0.5) is 0 Å². The number of hydrogen-bond donors (Lipinski definition) is 2. The van der Waals surface area contributed by atoms with Crippen LogP contribution in [0.15, 0.2) is 0 Å². The smallest absolute Gasteiger partial charge is 0.0741 e. The molecular weight excluding hydrogens is 246 g/mol. The molecule has 0 aromatic carbocycles. The molecule has 0 aromatic rings. The quantitative estimate of drug-likeness (QED) is 0.800. The standard InChI is InChI=1S/C18H35NO/c1-14-7-5-6-10-18(14,20)17(13-19)11-8-15(9-12-17)16(2,3)4/h14-15,20H,5-13,19H2,1-4H3. The minimum atomic E-state index is -0.511. The fraction of sp³-hybridized carbons (Fsp3) is 1.00. The highest BCUT2D eigenvalue weighted by molar-refractivity contribution is 5.06. The van der Waals surface area contributed by atoms with Gasteiger partial charge in [0.25, 0.3) is 0 Å². The molecule has 0 saturated heterocycles. The van der Waals surface area contributed by atoms with Crippen LogP contribution in [0, 0.1) is 22.7 Å². The van der Waals surface area contributed by atoms with Crippen LogP contribution in [0.3, 0.4) is 0 Å². The Labute approximate surface area is 125 Å². The van der Waals surface area contributed by atoms with Gasteiger partial charge in [-0.3, -0.25) is 0 Å². The highest BCUT2D eigenvalue weighted by Crippen LogP contribution is 2.55. The van der Waals surface area contributed by atoms with E-state index in [9.17, 15) is 5.11 Å². The maximum absolute atomic E-state index is 11.4. The molecule has 3 N–H and O–H groups in total. The lowest BCUT2D eigenvalue weighted by Gasteiger charge is -2.56. The van der Waals surface area contributed by atoms with Crippen molar-refractivity contribution in [3.05, 3.63) is 0 Å². The van der Waals surface area contributed by atoms with Crippen molar-refractivity contribution < 1.29 is 5.11 Å². The maximum Gasteiger partial charge on any atom is 0.0741 e. The third kappa shape index (κ3) is 2.66. The second-order valence-electron chi connectivity index (χ2n) is 8.70. The van der Waals surface area contributed by atoms with Gasteiger partial charge in [-0.2, -0.15) is 0 Å². The van der Waals surface area contributed by atoms with Crippen molar-refractivity contribution in [3.63, 3.8) is 0 Å². The lowest BCUT2D eigenvalue weighted by molar-refractivity contribution is -0.160. The summed E-state index contributed by atoms with van der Waals surface area (Å²) in [4.78, 5) is 0. The first-order valence-electron chi connectivity index (χ1n) is 8.68. The average molecular weight is 281 g/mol. The zero-order valence-electron chi connectivity index (χ0n) is 14.0. The summed E-state index contributed by atoms with van der Waals surface area (Å²) in [6.45, 7) is 9.96. The van der Waals surface area contributed by atoms with Crippen LogP contribution in [0.5, 0.6) is 0 Å². The van der Waals surface area contributed by atoms with Crippen LogP contribution in [0.2, 0.25) is 0 Å².